The second kappa shape index (κ2) is 7.74. The maximum Gasteiger partial charge on any atom is 0.231 e. The van der Waals surface area contributed by atoms with E-state index in [1.165, 1.54) is 12.1 Å². The molecule has 1 aromatic carbocycles. The highest BCUT2D eigenvalue weighted by molar-refractivity contribution is 5.95. The van der Waals surface area contributed by atoms with Crippen LogP contribution in [0.1, 0.15) is 10.4 Å². The lowest BCUT2D eigenvalue weighted by Gasteiger charge is -2.04. The Bertz CT molecular complexity index is 809. The van der Waals surface area contributed by atoms with E-state index in [-0.39, 0.29) is 34.9 Å². The predicted molar refractivity (Wildman–Crippen MR) is 80.6 cm³/mol. The second-order valence-corrected chi connectivity index (χ2v) is 4.83. The highest BCUT2D eigenvalue weighted by atomic mass is 79.9. The molecule has 0 amide bonds. The summed E-state index contributed by atoms with van der Waals surface area (Å²) in [4.78, 5) is 16.6. The third kappa shape index (κ3) is 3.87. The summed E-state index contributed by atoms with van der Waals surface area (Å²) >= 11 is 0. The fourth-order valence-electron chi connectivity index (χ4n) is 2.29. The Morgan fingerprint density at radius 2 is 1.74 bits per heavy atom. The van der Waals surface area contributed by atoms with Gasteiger partial charge in [0, 0.05) is 18.3 Å². The molecule has 0 saturated heterocycles. The van der Waals surface area contributed by atoms with E-state index < -0.39 is 5.82 Å². The lowest BCUT2D eigenvalue weighted by atomic mass is 10.1. The van der Waals surface area contributed by atoms with Crippen molar-refractivity contribution in [3.8, 4) is 11.4 Å². The molecule has 0 radical (unpaired) electrons. The van der Waals surface area contributed by atoms with Gasteiger partial charge in [-0.25, -0.2) is 9.37 Å². The number of nitrogens with zero attached hydrogens (tertiary/aromatic N) is 2. The molecule has 0 atom stereocenters. The van der Waals surface area contributed by atoms with Crippen LogP contribution in [0.2, 0.25) is 0 Å². The molecule has 0 spiro atoms. The van der Waals surface area contributed by atoms with Gasteiger partial charge in [-0.05, 0) is 30.3 Å². The standard InChI is InChI=1S/C18H14FN2O.BrH/c19-15-8-2-1-7-14(15)18(22)13-21-12-6-4-10-17(21)16-9-3-5-11-20-16;/h1-12H,13H2;1H/q+1;/p-1. The number of carbonyl (C=O) groups excluding carboxylic acids is 1. The summed E-state index contributed by atoms with van der Waals surface area (Å²) in [6.45, 7) is 0.0632. The predicted octanol–water partition coefficient (Wildman–Crippen LogP) is 0.0621. The van der Waals surface area contributed by atoms with E-state index in [1.54, 1.807) is 29.1 Å². The van der Waals surface area contributed by atoms with Crippen LogP contribution in [0, 0.1) is 5.82 Å². The van der Waals surface area contributed by atoms with E-state index in [9.17, 15) is 9.18 Å². The Hall–Kier alpha value is -2.40. The average Bonchev–Trinajstić information content (AvgIpc) is 2.56. The minimum Gasteiger partial charge on any atom is -1.00 e. The highest BCUT2D eigenvalue weighted by Crippen LogP contribution is 2.12. The number of ketones is 1. The van der Waals surface area contributed by atoms with Gasteiger partial charge in [0.05, 0.1) is 5.56 Å². The number of halogens is 2. The molecule has 5 heteroatoms. The Balaban J connectivity index is 0.00000192. The number of aromatic nitrogens is 2. The molecule has 3 aromatic rings. The largest absolute Gasteiger partial charge is 1.00 e. The van der Waals surface area contributed by atoms with E-state index in [0.29, 0.717) is 0 Å². The molecule has 0 bridgehead atoms. The van der Waals surface area contributed by atoms with Crippen molar-refractivity contribution in [3.05, 3.63) is 84.4 Å². The molecule has 3 nitrogen and oxygen atoms in total. The topological polar surface area (TPSA) is 33.8 Å². The maximum absolute atomic E-state index is 13.7. The normalized spacial score (nSPS) is 9.96. The van der Waals surface area contributed by atoms with Gasteiger partial charge in [0.15, 0.2) is 6.20 Å². The van der Waals surface area contributed by atoms with Crippen LogP contribution < -0.4 is 21.5 Å². The fourth-order valence-corrected chi connectivity index (χ4v) is 2.29. The van der Waals surface area contributed by atoms with Gasteiger partial charge >= 0.3 is 0 Å². The number of carbonyl (C=O) groups is 1. The van der Waals surface area contributed by atoms with E-state index in [2.05, 4.69) is 4.98 Å². The van der Waals surface area contributed by atoms with E-state index in [1.807, 2.05) is 36.4 Å². The first kappa shape index (κ1) is 17.0. The molecule has 23 heavy (non-hydrogen) atoms. The summed E-state index contributed by atoms with van der Waals surface area (Å²) in [5.41, 5.74) is 1.68. The Labute approximate surface area is 144 Å². The summed E-state index contributed by atoms with van der Waals surface area (Å²) in [6.07, 6.45) is 3.49. The first-order chi connectivity index (χ1) is 10.8. The molecule has 0 unspecified atom stereocenters. The summed E-state index contributed by atoms with van der Waals surface area (Å²) < 4.78 is 15.5. The lowest BCUT2D eigenvalue weighted by molar-refractivity contribution is -0.672. The number of hydrogen-bond acceptors (Lipinski definition) is 2. The van der Waals surface area contributed by atoms with Crippen molar-refractivity contribution in [2.24, 2.45) is 0 Å². The Morgan fingerprint density at radius 3 is 2.48 bits per heavy atom. The molecular formula is C18H14BrFN2O. The van der Waals surface area contributed by atoms with Crippen LogP contribution in [0.25, 0.3) is 11.4 Å². The minimum absolute atomic E-state index is 0. The average molecular weight is 373 g/mol. The van der Waals surface area contributed by atoms with Crippen molar-refractivity contribution >= 4 is 5.78 Å². The van der Waals surface area contributed by atoms with E-state index in [4.69, 9.17) is 0 Å². The zero-order valence-electron chi connectivity index (χ0n) is 12.2. The van der Waals surface area contributed by atoms with Crippen molar-refractivity contribution in [1.82, 2.24) is 4.98 Å². The van der Waals surface area contributed by atoms with Crippen molar-refractivity contribution < 1.29 is 30.7 Å². The monoisotopic (exact) mass is 372 g/mol. The van der Waals surface area contributed by atoms with Gasteiger partial charge in [0.25, 0.3) is 0 Å². The van der Waals surface area contributed by atoms with Crippen LogP contribution >= 0.6 is 0 Å². The van der Waals surface area contributed by atoms with Crippen LogP contribution in [0.15, 0.2) is 73.1 Å². The molecule has 2 aromatic heterocycles. The van der Waals surface area contributed by atoms with Crippen molar-refractivity contribution in [1.29, 1.82) is 0 Å². The van der Waals surface area contributed by atoms with Gasteiger partial charge in [-0.15, -0.1) is 0 Å². The number of rotatable bonds is 4. The van der Waals surface area contributed by atoms with Gasteiger partial charge in [0.2, 0.25) is 18.0 Å². The molecule has 0 aliphatic rings. The molecule has 3 rings (SSSR count). The molecule has 0 aliphatic heterocycles. The Morgan fingerprint density at radius 1 is 1.00 bits per heavy atom. The molecule has 116 valence electrons. The van der Waals surface area contributed by atoms with Gasteiger partial charge in [0.1, 0.15) is 11.5 Å². The van der Waals surface area contributed by atoms with E-state index in [0.717, 1.165) is 11.4 Å². The summed E-state index contributed by atoms with van der Waals surface area (Å²) in [6, 6.07) is 17.2. The maximum atomic E-state index is 13.7. The van der Waals surface area contributed by atoms with Gasteiger partial charge in [-0.3, -0.25) is 4.79 Å². The van der Waals surface area contributed by atoms with Crippen molar-refractivity contribution in [2.75, 3.05) is 0 Å². The first-order valence-corrected chi connectivity index (χ1v) is 6.93. The van der Waals surface area contributed by atoms with Crippen LogP contribution in [0.5, 0.6) is 0 Å². The smallest absolute Gasteiger partial charge is 0.231 e. The van der Waals surface area contributed by atoms with Crippen molar-refractivity contribution in [2.45, 2.75) is 6.54 Å². The molecule has 0 saturated carbocycles. The van der Waals surface area contributed by atoms with Crippen LogP contribution in [-0.4, -0.2) is 10.8 Å². The quantitative estimate of drug-likeness (QED) is 0.479. The zero-order chi connectivity index (χ0) is 15.4. The number of pyridine rings is 2. The molecule has 0 fully saturated rings. The molecule has 0 N–H and O–H groups in total. The molecule has 2 heterocycles. The number of Topliss-reactive ketones (excluding diaryl/α,β-unsaturated/α-hetero) is 1. The first-order valence-electron chi connectivity index (χ1n) is 6.93. The number of benzene rings is 1. The summed E-state index contributed by atoms with van der Waals surface area (Å²) in [5.74, 6) is -0.769. The highest BCUT2D eigenvalue weighted by Gasteiger charge is 2.20. The summed E-state index contributed by atoms with van der Waals surface area (Å²) in [7, 11) is 0. The van der Waals surface area contributed by atoms with Gasteiger partial charge < -0.3 is 17.0 Å². The Kier molecular flexibility index (Phi) is 5.71. The third-order valence-electron chi connectivity index (χ3n) is 3.36. The fraction of sp³-hybridized carbons (Fsp3) is 0.0556. The van der Waals surface area contributed by atoms with Gasteiger partial charge in [-0.2, -0.15) is 4.57 Å². The number of hydrogen-bond donors (Lipinski definition) is 0. The van der Waals surface area contributed by atoms with Gasteiger partial charge in [-0.1, -0.05) is 18.2 Å². The van der Waals surface area contributed by atoms with Crippen LogP contribution in [0.4, 0.5) is 4.39 Å². The van der Waals surface area contributed by atoms with Crippen LogP contribution in [-0.2, 0) is 6.54 Å². The third-order valence-corrected chi connectivity index (χ3v) is 3.36. The lowest BCUT2D eigenvalue weighted by Crippen LogP contribution is -3.00. The van der Waals surface area contributed by atoms with Crippen molar-refractivity contribution in [3.63, 3.8) is 0 Å². The summed E-state index contributed by atoms with van der Waals surface area (Å²) in [5, 5.41) is 0. The second-order valence-electron chi connectivity index (χ2n) is 4.83. The van der Waals surface area contributed by atoms with E-state index >= 15 is 0 Å². The minimum atomic E-state index is -0.497. The van der Waals surface area contributed by atoms with Crippen LogP contribution in [0.3, 0.4) is 0 Å². The molecular weight excluding hydrogens is 359 g/mol. The SMILES string of the molecule is O=C(C[n+]1ccccc1-c1ccccn1)c1ccccc1F.[Br-]. The molecule has 0 aliphatic carbocycles. The zero-order valence-corrected chi connectivity index (χ0v) is 13.8.